The number of nitrogens with zero attached hydrogens (tertiary/aromatic N) is 2. The van der Waals surface area contributed by atoms with Gasteiger partial charge in [-0.1, -0.05) is 6.07 Å². The molecule has 0 fully saturated rings. The minimum Gasteiger partial charge on any atom is -0.478 e. The zero-order valence-corrected chi connectivity index (χ0v) is 14.5. The van der Waals surface area contributed by atoms with Crippen molar-refractivity contribution in [2.45, 2.75) is 17.8 Å². The first-order valence-corrected chi connectivity index (χ1v) is 9.00. The van der Waals surface area contributed by atoms with Crippen LogP contribution in [0.1, 0.15) is 15.9 Å². The maximum atomic E-state index is 12.5. The first-order valence-electron chi connectivity index (χ1n) is 7.35. The molecule has 2 rings (SSSR count). The third-order valence-corrected chi connectivity index (χ3v) is 5.08. The molecule has 0 amide bonds. The second-order valence-electron chi connectivity index (χ2n) is 5.32. The molecule has 150 valence electrons. The van der Waals surface area contributed by atoms with Gasteiger partial charge in [0, 0.05) is 11.6 Å². The normalized spacial score (nSPS) is 11.8. The Morgan fingerprint density at radius 3 is 2.43 bits per heavy atom. The first-order chi connectivity index (χ1) is 12.9. The number of nitro groups is 1. The molecule has 1 aromatic heterocycles. The number of halogens is 3. The van der Waals surface area contributed by atoms with Gasteiger partial charge in [-0.2, -0.15) is 0 Å². The molecule has 13 heteroatoms. The number of ether oxygens (including phenoxy) is 1. The van der Waals surface area contributed by atoms with Crippen LogP contribution in [0.2, 0.25) is 0 Å². The van der Waals surface area contributed by atoms with E-state index in [4.69, 9.17) is 5.11 Å². The second-order valence-corrected chi connectivity index (χ2v) is 7.37. The van der Waals surface area contributed by atoms with Crippen molar-refractivity contribution in [2.24, 2.45) is 0 Å². The monoisotopic (exact) mass is 420 g/mol. The minimum absolute atomic E-state index is 0.448. The van der Waals surface area contributed by atoms with Crippen molar-refractivity contribution < 1.29 is 41.2 Å². The summed E-state index contributed by atoms with van der Waals surface area (Å²) in [6.07, 6.45) is -5.00. The summed E-state index contributed by atoms with van der Waals surface area (Å²) in [6, 6.07) is 4.69. The summed E-state index contributed by atoms with van der Waals surface area (Å²) >= 11 is 0. The summed E-state index contributed by atoms with van der Waals surface area (Å²) in [4.78, 5) is 24.5. The van der Waals surface area contributed by atoms with Gasteiger partial charge < -0.3 is 9.84 Å². The van der Waals surface area contributed by atoms with Gasteiger partial charge in [-0.25, -0.2) is 18.2 Å². The average Bonchev–Trinajstić information content (AvgIpc) is 2.59. The lowest BCUT2D eigenvalue weighted by molar-refractivity contribution is -0.385. The lowest BCUT2D eigenvalue weighted by Gasteiger charge is -2.15. The molecule has 28 heavy (non-hydrogen) atoms. The maximum Gasteiger partial charge on any atom is 0.573 e. The van der Waals surface area contributed by atoms with Crippen LogP contribution in [0.5, 0.6) is 5.75 Å². The SMILES string of the molecule is O=C(O)c1cccc(OC(F)(F)F)c1CCS(=O)(=O)c1ccc([N+](=O)[O-])cn1. The second kappa shape index (κ2) is 7.80. The molecule has 2 aromatic rings. The molecular weight excluding hydrogens is 409 g/mol. The van der Waals surface area contributed by atoms with Gasteiger partial charge in [-0.15, -0.1) is 13.2 Å². The highest BCUT2D eigenvalue weighted by Gasteiger charge is 2.33. The van der Waals surface area contributed by atoms with E-state index in [1.807, 2.05) is 0 Å². The highest BCUT2D eigenvalue weighted by atomic mass is 32.2. The van der Waals surface area contributed by atoms with Crippen LogP contribution < -0.4 is 4.74 Å². The van der Waals surface area contributed by atoms with Crippen LogP contribution in [0, 0.1) is 10.1 Å². The zero-order valence-electron chi connectivity index (χ0n) is 13.7. The number of alkyl halides is 3. The topological polar surface area (TPSA) is 137 Å². The molecule has 1 aromatic carbocycles. The molecule has 0 spiro atoms. The molecule has 0 bridgehead atoms. The van der Waals surface area contributed by atoms with Crippen molar-refractivity contribution in [3.8, 4) is 5.75 Å². The molecule has 9 nitrogen and oxygen atoms in total. The van der Waals surface area contributed by atoms with E-state index in [0.29, 0.717) is 0 Å². The van der Waals surface area contributed by atoms with Crippen LogP contribution in [0.3, 0.4) is 0 Å². The molecule has 0 saturated heterocycles. The molecule has 0 aliphatic rings. The molecule has 0 atom stereocenters. The number of benzene rings is 1. The Morgan fingerprint density at radius 1 is 1.25 bits per heavy atom. The Bertz CT molecular complexity index is 1010. The van der Waals surface area contributed by atoms with E-state index in [0.717, 1.165) is 36.5 Å². The van der Waals surface area contributed by atoms with E-state index in [2.05, 4.69) is 9.72 Å². The number of hydrogen-bond acceptors (Lipinski definition) is 7. The lowest BCUT2D eigenvalue weighted by atomic mass is 10.0. The lowest BCUT2D eigenvalue weighted by Crippen LogP contribution is -2.20. The number of hydrogen-bond donors (Lipinski definition) is 1. The summed E-state index contributed by atoms with van der Waals surface area (Å²) in [7, 11) is -4.17. The van der Waals surface area contributed by atoms with E-state index in [1.165, 1.54) is 0 Å². The van der Waals surface area contributed by atoms with Gasteiger partial charge in [0.25, 0.3) is 5.69 Å². The van der Waals surface area contributed by atoms with E-state index in [-0.39, 0.29) is 0 Å². The maximum absolute atomic E-state index is 12.5. The summed E-state index contributed by atoms with van der Waals surface area (Å²) in [5.74, 6) is -3.19. The van der Waals surface area contributed by atoms with Crippen molar-refractivity contribution in [3.63, 3.8) is 0 Å². The third kappa shape index (κ3) is 5.16. The highest BCUT2D eigenvalue weighted by molar-refractivity contribution is 7.91. The quantitative estimate of drug-likeness (QED) is 0.533. The van der Waals surface area contributed by atoms with Gasteiger partial charge in [0.2, 0.25) is 0 Å². The number of carbonyl (C=O) groups is 1. The summed E-state index contributed by atoms with van der Waals surface area (Å²) in [5.41, 5.74) is -1.46. The molecule has 0 aliphatic heterocycles. The Hall–Kier alpha value is -3.22. The van der Waals surface area contributed by atoms with Crippen molar-refractivity contribution in [3.05, 3.63) is 57.8 Å². The highest BCUT2D eigenvalue weighted by Crippen LogP contribution is 2.30. The van der Waals surface area contributed by atoms with Crippen LogP contribution >= 0.6 is 0 Å². The Morgan fingerprint density at radius 2 is 1.93 bits per heavy atom. The summed E-state index contributed by atoms with van der Waals surface area (Å²) in [5, 5.41) is 19.2. The van der Waals surface area contributed by atoms with E-state index < -0.39 is 66.9 Å². The summed E-state index contributed by atoms with van der Waals surface area (Å²) in [6.45, 7) is 0. The number of carboxylic acids is 1. The number of aromatic carboxylic acids is 1. The van der Waals surface area contributed by atoms with Gasteiger partial charge in [-0.05, 0) is 24.6 Å². The van der Waals surface area contributed by atoms with Gasteiger partial charge in [0.1, 0.15) is 11.9 Å². The predicted octanol–water partition coefficient (Wildman–Crippen LogP) is 2.60. The standard InChI is InChI=1S/C15H11F3N2O7S/c16-15(17,18)27-12-3-1-2-11(14(21)22)10(12)6-7-28(25,26)13-5-4-9(8-19-13)20(23)24/h1-5,8H,6-7H2,(H,21,22). The van der Waals surface area contributed by atoms with Gasteiger partial charge in [0.05, 0.1) is 16.2 Å². The zero-order chi connectivity index (χ0) is 21.1. The molecule has 0 aliphatic carbocycles. The van der Waals surface area contributed by atoms with Crippen LogP contribution in [-0.4, -0.2) is 41.5 Å². The average molecular weight is 420 g/mol. The van der Waals surface area contributed by atoms with Crippen molar-refractivity contribution >= 4 is 21.5 Å². The largest absolute Gasteiger partial charge is 0.573 e. The molecule has 0 radical (unpaired) electrons. The number of sulfone groups is 1. The van der Waals surface area contributed by atoms with Crippen molar-refractivity contribution in [1.82, 2.24) is 4.98 Å². The van der Waals surface area contributed by atoms with Crippen LogP contribution in [0.15, 0.2) is 41.6 Å². The van der Waals surface area contributed by atoms with Gasteiger partial charge >= 0.3 is 12.3 Å². The van der Waals surface area contributed by atoms with Gasteiger partial charge in [0.15, 0.2) is 14.9 Å². The molecule has 1 N–H and O–H groups in total. The van der Waals surface area contributed by atoms with Crippen molar-refractivity contribution in [2.75, 3.05) is 5.75 Å². The number of carboxylic acid groups (broad SMARTS) is 1. The first kappa shape index (κ1) is 21.1. The van der Waals surface area contributed by atoms with Crippen LogP contribution in [0.25, 0.3) is 0 Å². The predicted molar refractivity (Wildman–Crippen MR) is 86.7 cm³/mol. The van der Waals surface area contributed by atoms with Crippen molar-refractivity contribution in [1.29, 1.82) is 0 Å². The fraction of sp³-hybridized carbons (Fsp3) is 0.200. The Balaban J connectivity index is 2.34. The number of rotatable bonds is 7. The van der Waals surface area contributed by atoms with E-state index in [9.17, 15) is 36.5 Å². The molecular formula is C15H11F3N2O7S. The third-order valence-electron chi connectivity index (χ3n) is 3.46. The van der Waals surface area contributed by atoms with Gasteiger partial charge in [-0.3, -0.25) is 10.1 Å². The van der Waals surface area contributed by atoms with E-state index in [1.54, 1.807) is 0 Å². The fourth-order valence-corrected chi connectivity index (χ4v) is 3.42. The minimum atomic E-state index is -5.11. The number of pyridine rings is 1. The molecule has 0 unspecified atom stereocenters. The Labute approximate surface area is 155 Å². The Kier molecular flexibility index (Phi) is 5.87. The van der Waals surface area contributed by atoms with E-state index >= 15 is 0 Å². The number of aromatic nitrogens is 1. The summed E-state index contributed by atoms with van der Waals surface area (Å²) < 4.78 is 66.1. The van der Waals surface area contributed by atoms with Crippen LogP contribution in [-0.2, 0) is 16.3 Å². The molecule has 0 saturated carbocycles. The van der Waals surface area contributed by atoms with Crippen LogP contribution in [0.4, 0.5) is 18.9 Å². The smallest absolute Gasteiger partial charge is 0.478 e. The molecule has 1 heterocycles. The fourth-order valence-electron chi connectivity index (χ4n) is 2.25.